The Morgan fingerprint density at radius 1 is 0.564 bits per heavy atom. The van der Waals surface area contributed by atoms with Gasteiger partial charge in [-0.15, -0.1) is 0 Å². The van der Waals surface area contributed by atoms with Gasteiger partial charge in [0.2, 0.25) is 0 Å². The quantitative estimate of drug-likeness (QED) is 0.434. The summed E-state index contributed by atoms with van der Waals surface area (Å²) in [5.41, 5.74) is 1.50. The van der Waals surface area contributed by atoms with E-state index in [1.807, 2.05) is 0 Å². The van der Waals surface area contributed by atoms with Crippen molar-refractivity contribution < 1.29 is 23.9 Å². The van der Waals surface area contributed by atoms with Crippen LogP contribution in [-0.2, 0) is 0 Å². The first-order valence-corrected chi connectivity index (χ1v) is 14.4. The highest BCUT2D eigenvalue weighted by Gasteiger charge is 2.45. The molecule has 0 bridgehead atoms. The molecule has 7 nitrogen and oxygen atoms in total. The van der Waals surface area contributed by atoms with Crippen molar-refractivity contribution in [1.82, 2.24) is 9.80 Å². The molecule has 0 saturated heterocycles. The van der Waals surface area contributed by atoms with E-state index in [2.05, 4.69) is 27.7 Å². The van der Waals surface area contributed by atoms with Crippen molar-refractivity contribution in [2.45, 2.75) is 78.3 Å². The van der Waals surface area contributed by atoms with Gasteiger partial charge in [-0.25, -0.2) is 0 Å². The van der Waals surface area contributed by atoms with Gasteiger partial charge in [0, 0.05) is 12.1 Å². The number of benzene rings is 2. The second-order valence-corrected chi connectivity index (χ2v) is 12.4. The first-order chi connectivity index (χ1) is 18.6. The van der Waals surface area contributed by atoms with E-state index < -0.39 is 0 Å². The molecule has 0 N–H and O–H groups in total. The lowest BCUT2D eigenvalue weighted by molar-refractivity contribution is 0.0435. The van der Waals surface area contributed by atoms with E-state index in [9.17, 15) is 19.2 Å². The maximum atomic E-state index is 13.4. The minimum Gasteiger partial charge on any atom is -0.457 e. The van der Waals surface area contributed by atoms with Gasteiger partial charge in [-0.3, -0.25) is 29.0 Å². The average molecular weight is 529 g/mol. The number of imide groups is 2. The Hall–Kier alpha value is -3.48. The number of rotatable bonds is 4. The van der Waals surface area contributed by atoms with Gasteiger partial charge >= 0.3 is 0 Å². The van der Waals surface area contributed by atoms with Gasteiger partial charge in [0.15, 0.2) is 0 Å². The number of fused-ring (bicyclic) bond motifs is 2. The molecule has 4 amide bonds. The third kappa shape index (κ3) is 4.26. The number of amides is 4. The van der Waals surface area contributed by atoms with Gasteiger partial charge in [-0.05, 0) is 85.8 Å². The number of nitrogens with zero attached hydrogens (tertiary/aromatic N) is 2. The number of hydrogen-bond acceptors (Lipinski definition) is 5. The Morgan fingerprint density at radius 2 is 0.949 bits per heavy atom. The normalized spacial score (nSPS) is 30.6. The van der Waals surface area contributed by atoms with Crippen molar-refractivity contribution in [3.8, 4) is 11.5 Å². The van der Waals surface area contributed by atoms with Crippen LogP contribution in [0.3, 0.4) is 0 Å². The Labute approximate surface area is 229 Å². The molecule has 0 unspecified atom stereocenters. The van der Waals surface area contributed by atoms with Gasteiger partial charge in [-0.1, -0.05) is 40.5 Å². The van der Waals surface area contributed by atoms with Crippen LogP contribution in [0, 0.1) is 23.7 Å². The monoisotopic (exact) mass is 528 g/mol. The minimum absolute atomic E-state index is 0.0939. The second-order valence-electron chi connectivity index (χ2n) is 12.4. The largest absolute Gasteiger partial charge is 0.457 e. The van der Waals surface area contributed by atoms with Crippen LogP contribution in [0.5, 0.6) is 11.5 Å². The molecule has 0 spiro atoms. The molecule has 2 aliphatic heterocycles. The molecule has 39 heavy (non-hydrogen) atoms. The molecule has 0 radical (unpaired) electrons. The summed E-state index contributed by atoms with van der Waals surface area (Å²) in [5, 5.41) is 0. The summed E-state index contributed by atoms with van der Waals surface area (Å²) in [6, 6.07) is 9.70. The van der Waals surface area contributed by atoms with Crippen LogP contribution in [0.25, 0.3) is 0 Å². The van der Waals surface area contributed by atoms with Gasteiger partial charge in [0.1, 0.15) is 11.5 Å². The lowest BCUT2D eigenvalue weighted by atomic mass is 9.79. The number of ether oxygens (including phenoxy) is 1. The van der Waals surface area contributed by atoms with Crippen molar-refractivity contribution >= 4 is 23.6 Å². The number of carbonyl (C=O) groups excluding carboxylic acids is 4. The summed E-state index contributed by atoms with van der Waals surface area (Å²) in [7, 11) is 0. The number of hydrogen-bond donors (Lipinski definition) is 0. The maximum Gasteiger partial charge on any atom is 0.261 e. The van der Waals surface area contributed by atoms with Crippen LogP contribution in [0.4, 0.5) is 0 Å². The molecule has 2 aromatic rings. The molecule has 4 aliphatic rings. The van der Waals surface area contributed by atoms with Crippen molar-refractivity contribution in [2.75, 3.05) is 0 Å². The van der Waals surface area contributed by atoms with Gasteiger partial charge in [-0.2, -0.15) is 0 Å². The topological polar surface area (TPSA) is 84.0 Å². The van der Waals surface area contributed by atoms with Crippen molar-refractivity contribution in [3.63, 3.8) is 0 Å². The molecule has 2 saturated carbocycles. The van der Waals surface area contributed by atoms with Crippen LogP contribution in [0.2, 0.25) is 0 Å². The molecule has 0 aromatic heterocycles. The highest BCUT2D eigenvalue weighted by Crippen LogP contribution is 2.40. The minimum atomic E-state index is -0.271. The molecule has 2 fully saturated rings. The molecule has 6 atom stereocenters. The second kappa shape index (κ2) is 9.61. The summed E-state index contributed by atoms with van der Waals surface area (Å²) in [5.74, 6) is 1.29. The van der Waals surface area contributed by atoms with E-state index in [1.54, 1.807) is 36.4 Å². The lowest BCUT2D eigenvalue weighted by Crippen LogP contribution is -2.46. The molecule has 2 aromatic carbocycles. The molecular weight excluding hydrogens is 492 g/mol. The molecule has 6 rings (SSSR count). The van der Waals surface area contributed by atoms with Crippen molar-refractivity contribution in [2.24, 2.45) is 23.7 Å². The van der Waals surface area contributed by atoms with Crippen molar-refractivity contribution in [1.29, 1.82) is 0 Å². The van der Waals surface area contributed by atoms with Crippen LogP contribution in [0.15, 0.2) is 36.4 Å². The summed E-state index contributed by atoms with van der Waals surface area (Å²) in [6.45, 7) is 8.58. The van der Waals surface area contributed by atoms with Crippen LogP contribution in [0.1, 0.15) is 108 Å². The van der Waals surface area contributed by atoms with Gasteiger partial charge in [0.05, 0.1) is 22.3 Å². The van der Waals surface area contributed by atoms with Gasteiger partial charge in [0.25, 0.3) is 23.6 Å². The standard InChI is InChI=1S/C32H36N2O5/c1-17-5-7-19(3)27(13-17)33-29(35)23-11-9-21(15-25(23)31(33)37)39-22-10-12-24-26(16-22)32(38)34(30(24)36)28-14-18(2)6-8-20(28)4/h9-12,15-20,27-28H,5-8,13-14H2,1-4H3/t17-,18-,19-,20-,27-,28+/m0/s1. The maximum absolute atomic E-state index is 13.4. The Balaban J connectivity index is 1.23. The van der Waals surface area contributed by atoms with E-state index in [0.29, 0.717) is 45.6 Å². The third-order valence-corrected chi connectivity index (χ3v) is 9.51. The van der Waals surface area contributed by atoms with E-state index in [4.69, 9.17) is 4.74 Å². The summed E-state index contributed by atoms with van der Waals surface area (Å²) in [4.78, 5) is 56.1. The number of carbonyl (C=O) groups is 4. The fourth-order valence-electron chi connectivity index (χ4n) is 7.07. The van der Waals surface area contributed by atoms with Crippen LogP contribution < -0.4 is 4.74 Å². The van der Waals surface area contributed by atoms with E-state index in [0.717, 1.165) is 38.5 Å². The van der Waals surface area contributed by atoms with Crippen LogP contribution >= 0.6 is 0 Å². The van der Waals surface area contributed by atoms with Gasteiger partial charge < -0.3 is 4.74 Å². The van der Waals surface area contributed by atoms with E-state index in [1.165, 1.54) is 9.80 Å². The molecule has 2 heterocycles. The predicted octanol–water partition coefficient (Wildman–Crippen LogP) is 6.32. The van der Waals surface area contributed by atoms with Crippen molar-refractivity contribution in [3.05, 3.63) is 58.7 Å². The van der Waals surface area contributed by atoms with E-state index >= 15 is 0 Å². The highest BCUT2D eigenvalue weighted by molar-refractivity contribution is 6.22. The fraction of sp³-hybridized carbons (Fsp3) is 0.500. The zero-order valence-electron chi connectivity index (χ0n) is 23.1. The Bertz CT molecular complexity index is 1280. The zero-order valence-corrected chi connectivity index (χ0v) is 23.1. The molecule has 204 valence electrons. The lowest BCUT2D eigenvalue weighted by Gasteiger charge is -2.37. The highest BCUT2D eigenvalue weighted by atomic mass is 16.5. The smallest absolute Gasteiger partial charge is 0.261 e. The summed E-state index contributed by atoms with van der Waals surface area (Å²) >= 11 is 0. The Kier molecular flexibility index (Phi) is 6.35. The first kappa shape index (κ1) is 25.8. The summed E-state index contributed by atoms with van der Waals surface area (Å²) < 4.78 is 6.07. The SMILES string of the molecule is C[C@H]1CC[C@H](C)[C@H](N2C(=O)c3ccc(Oc4ccc5c(c4)C(=O)N([C@H]4C[C@@H](C)CC[C@@H]4C)C5=O)cc3C2=O)C1. The van der Waals surface area contributed by atoms with E-state index in [-0.39, 0.29) is 47.5 Å². The molecule has 2 aliphatic carbocycles. The molecular formula is C32H36N2O5. The summed E-state index contributed by atoms with van der Waals surface area (Å²) in [6.07, 6.45) is 5.89. The zero-order chi connectivity index (χ0) is 27.6. The Morgan fingerprint density at radius 3 is 1.36 bits per heavy atom. The third-order valence-electron chi connectivity index (χ3n) is 9.51. The fourth-order valence-corrected chi connectivity index (χ4v) is 7.07. The predicted molar refractivity (Wildman–Crippen MR) is 146 cm³/mol. The molecule has 7 heteroatoms. The van der Waals surface area contributed by atoms with Crippen LogP contribution in [-0.4, -0.2) is 45.5 Å². The first-order valence-electron chi connectivity index (χ1n) is 14.4. The average Bonchev–Trinajstić information content (AvgIpc) is 3.30.